The molecule has 2 aliphatic rings. The molecular weight excluding hydrogens is 633 g/mol. The summed E-state index contributed by atoms with van der Waals surface area (Å²) in [4.78, 5) is 20.0. The lowest BCUT2D eigenvalue weighted by atomic mass is 9.67. The van der Waals surface area contributed by atoms with Crippen LogP contribution in [0.2, 0.25) is 0 Å². The average Bonchev–Trinajstić information content (AvgIpc) is 3.49. The SMILES string of the molecule is c1ccc(-c2nc(-c3ccccc3-c3cccc4c3-c3ccc(-c5cccnc5)cc3C43CCCCC3)nc(-c3cccc4ccccc34)n2)cc1. The minimum absolute atomic E-state index is 0.00126. The molecular formula is C48H36N4. The van der Waals surface area contributed by atoms with E-state index >= 15 is 0 Å². The van der Waals surface area contributed by atoms with Crippen molar-refractivity contribution in [2.24, 2.45) is 0 Å². The Morgan fingerprint density at radius 2 is 1.10 bits per heavy atom. The third-order valence-electron chi connectivity index (χ3n) is 11.2. The van der Waals surface area contributed by atoms with Crippen molar-refractivity contribution in [3.05, 3.63) is 169 Å². The number of hydrogen-bond acceptors (Lipinski definition) is 4. The van der Waals surface area contributed by atoms with Crippen LogP contribution in [0.5, 0.6) is 0 Å². The summed E-state index contributed by atoms with van der Waals surface area (Å²) in [5.41, 5.74) is 13.3. The molecule has 8 aromatic rings. The zero-order chi connectivity index (χ0) is 34.5. The van der Waals surface area contributed by atoms with Crippen molar-refractivity contribution in [2.45, 2.75) is 37.5 Å². The predicted molar refractivity (Wildman–Crippen MR) is 212 cm³/mol. The second kappa shape index (κ2) is 12.5. The third-order valence-corrected chi connectivity index (χ3v) is 11.2. The first-order chi connectivity index (χ1) is 25.8. The molecule has 2 heterocycles. The summed E-state index contributed by atoms with van der Waals surface area (Å²) in [7, 11) is 0. The summed E-state index contributed by atoms with van der Waals surface area (Å²) in [5, 5.41) is 2.28. The molecule has 0 saturated heterocycles. The first-order valence-corrected chi connectivity index (χ1v) is 18.4. The van der Waals surface area contributed by atoms with Crippen LogP contribution in [0.15, 0.2) is 158 Å². The Kier molecular flexibility index (Phi) is 7.35. The Hall–Kier alpha value is -6.26. The average molecular weight is 669 g/mol. The van der Waals surface area contributed by atoms with E-state index in [1.165, 1.54) is 52.6 Å². The minimum Gasteiger partial charge on any atom is -0.264 e. The van der Waals surface area contributed by atoms with Crippen molar-refractivity contribution in [2.75, 3.05) is 0 Å². The standard InChI is InChI=1S/C48H36N4/c1-3-15-33(16-4-1)45-50-46(39-23-11-17-32-14-5-6-19-36(32)39)52-47(51-45)40-21-8-7-20-37(40)38-22-12-24-42-44(38)41-26-25-34(35-18-13-29-49-31-35)30-43(41)48(42)27-9-2-10-28-48/h1,3-8,11-26,29-31H,2,9-10,27-28H2. The van der Waals surface area contributed by atoms with Crippen LogP contribution in [0.1, 0.15) is 43.2 Å². The Morgan fingerprint density at radius 3 is 1.94 bits per heavy atom. The summed E-state index contributed by atoms with van der Waals surface area (Å²) in [6, 6.07) is 51.9. The lowest BCUT2D eigenvalue weighted by molar-refractivity contribution is 0.353. The molecule has 10 rings (SSSR count). The van der Waals surface area contributed by atoms with Gasteiger partial charge in [0.25, 0.3) is 0 Å². The van der Waals surface area contributed by atoms with Crippen LogP contribution in [0, 0.1) is 0 Å². The lowest BCUT2D eigenvalue weighted by Crippen LogP contribution is -2.28. The van der Waals surface area contributed by atoms with Gasteiger partial charge in [0.05, 0.1) is 0 Å². The van der Waals surface area contributed by atoms with Gasteiger partial charge in [-0.15, -0.1) is 0 Å². The summed E-state index contributed by atoms with van der Waals surface area (Å²) in [6.45, 7) is 0. The van der Waals surface area contributed by atoms with Crippen molar-refractivity contribution in [3.63, 3.8) is 0 Å². The number of pyridine rings is 1. The van der Waals surface area contributed by atoms with Gasteiger partial charge in [-0.05, 0) is 80.3 Å². The van der Waals surface area contributed by atoms with E-state index in [4.69, 9.17) is 15.0 Å². The number of nitrogens with zero attached hydrogens (tertiary/aromatic N) is 4. The van der Waals surface area contributed by atoms with Gasteiger partial charge in [0, 0.05) is 34.5 Å². The van der Waals surface area contributed by atoms with E-state index in [-0.39, 0.29) is 5.41 Å². The molecule has 1 spiro atoms. The largest absolute Gasteiger partial charge is 0.264 e. The van der Waals surface area contributed by atoms with Gasteiger partial charge in [-0.3, -0.25) is 4.98 Å². The van der Waals surface area contributed by atoms with Gasteiger partial charge in [-0.2, -0.15) is 0 Å². The molecule has 248 valence electrons. The van der Waals surface area contributed by atoms with Gasteiger partial charge in [0.2, 0.25) is 0 Å². The quantitative estimate of drug-likeness (QED) is 0.183. The second-order valence-electron chi connectivity index (χ2n) is 14.1. The number of hydrogen-bond donors (Lipinski definition) is 0. The molecule has 2 aromatic heterocycles. The smallest absolute Gasteiger partial charge is 0.164 e. The molecule has 52 heavy (non-hydrogen) atoms. The fourth-order valence-corrected chi connectivity index (χ4v) is 8.84. The Bertz CT molecular complexity index is 2600. The van der Waals surface area contributed by atoms with Gasteiger partial charge in [-0.25, -0.2) is 15.0 Å². The Labute approximate surface area is 304 Å². The van der Waals surface area contributed by atoms with E-state index in [0.717, 1.165) is 51.4 Å². The molecule has 1 fully saturated rings. The fraction of sp³-hybridized carbons (Fsp3) is 0.125. The molecule has 4 heteroatoms. The molecule has 1 saturated carbocycles. The normalized spacial score (nSPS) is 14.3. The molecule has 6 aromatic carbocycles. The zero-order valence-corrected chi connectivity index (χ0v) is 28.8. The van der Waals surface area contributed by atoms with E-state index in [0.29, 0.717) is 17.5 Å². The molecule has 0 radical (unpaired) electrons. The second-order valence-corrected chi connectivity index (χ2v) is 14.1. The summed E-state index contributed by atoms with van der Waals surface area (Å²) >= 11 is 0. The van der Waals surface area contributed by atoms with Gasteiger partial charge in [0.15, 0.2) is 17.5 Å². The molecule has 0 bridgehead atoms. The van der Waals surface area contributed by atoms with Crippen LogP contribution in [0.3, 0.4) is 0 Å². The molecule has 0 N–H and O–H groups in total. The van der Waals surface area contributed by atoms with Gasteiger partial charge in [-0.1, -0.05) is 153 Å². The molecule has 0 unspecified atom stereocenters. The first kappa shape index (κ1) is 30.6. The van der Waals surface area contributed by atoms with Crippen LogP contribution in [0.4, 0.5) is 0 Å². The zero-order valence-electron chi connectivity index (χ0n) is 28.8. The van der Waals surface area contributed by atoms with Crippen LogP contribution < -0.4 is 0 Å². The molecule has 2 aliphatic carbocycles. The van der Waals surface area contributed by atoms with E-state index in [1.54, 1.807) is 0 Å². The van der Waals surface area contributed by atoms with Crippen molar-refractivity contribution in [3.8, 4) is 67.5 Å². The highest BCUT2D eigenvalue weighted by molar-refractivity contribution is 5.98. The molecule has 0 aliphatic heterocycles. The maximum absolute atomic E-state index is 5.27. The van der Waals surface area contributed by atoms with Crippen molar-refractivity contribution in [1.29, 1.82) is 0 Å². The number of fused-ring (bicyclic) bond motifs is 6. The highest BCUT2D eigenvalue weighted by Crippen LogP contribution is 2.59. The monoisotopic (exact) mass is 668 g/mol. The third kappa shape index (κ3) is 4.97. The number of benzene rings is 6. The minimum atomic E-state index is 0.00126. The number of rotatable bonds is 5. The van der Waals surface area contributed by atoms with Crippen LogP contribution in [-0.2, 0) is 5.41 Å². The molecule has 0 amide bonds. The van der Waals surface area contributed by atoms with Crippen molar-refractivity contribution >= 4 is 10.8 Å². The Morgan fingerprint density at radius 1 is 0.423 bits per heavy atom. The van der Waals surface area contributed by atoms with Gasteiger partial charge >= 0.3 is 0 Å². The van der Waals surface area contributed by atoms with Crippen LogP contribution in [-0.4, -0.2) is 19.9 Å². The number of aromatic nitrogens is 4. The highest BCUT2D eigenvalue weighted by Gasteiger charge is 2.45. The first-order valence-electron chi connectivity index (χ1n) is 18.4. The Balaban J connectivity index is 1.19. The maximum Gasteiger partial charge on any atom is 0.164 e. The topological polar surface area (TPSA) is 51.6 Å². The van der Waals surface area contributed by atoms with E-state index in [9.17, 15) is 0 Å². The van der Waals surface area contributed by atoms with Crippen molar-refractivity contribution in [1.82, 2.24) is 19.9 Å². The van der Waals surface area contributed by atoms with E-state index < -0.39 is 0 Å². The summed E-state index contributed by atoms with van der Waals surface area (Å²) in [5.74, 6) is 2.00. The lowest BCUT2D eigenvalue weighted by Gasteiger charge is -2.36. The van der Waals surface area contributed by atoms with E-state index in [2.05, 4.69) is 126 Å². The highest BCUT2D eigenvalue weighted by atomic mass is 15.0. The van der Waals surface area contributed by atoms with Crippen LogP contribution >= 0.6 is 0 Å². The van der Waals surface area contributed by atoms with Gasteiger partial charge in [0.1, 0.15) is 0 Å². The van der Waals surface area contributed by atoms with E-state index in [1.807, 2.05) is 36.7 Å². The summed E-state index contributed by atoms with van der Waals surface area (Å²) in [6.07, 6.45) is 9.91. The fourth-order valence-electron chi connectivity index (χ4n) is 8.84. The summed E-state index contributed by atoms with van der Waals surface area (Å²) < 4.78 is 0. The maximum atomic E-state index is 5.27. The van der Waals surface area contributed by atoms with Gasteiger partial charge < -0.3 is 0 Å². The molecule has 4 nitrogen and oxygen atoms in total. The predicted octanol–water partition coefficient (Wildman–Crippen LogP) is 12.0. The van der Waals surface area contributed by atoms with Crippen LogP contribution in [0.25, 0.3) is 78.3 Å². The van der Waals surface area contributed by atoms with Crippen molar-refractivity contribution < 1.29 is 0 Å². The molecule has 0 atom stereocenters.